The Kier molecular flexibility index (Phi) is 3.79. The van der Waals surface area contributed by atoms with Crippen LogP contribution >= 0.6 is 0 Å². The molecule has 1 aromatic carbocycles. The van der Waals surface area contributed by atoms with Crippen LogP contribution in [0.2, 0.25) is 0 Å². The topological polar surface area (TPSA) is 62.6 Å². The number of likely N-dealkylation sites (tertiary alicyclic amines) is 1. The third-order valence-electron chi connectivity index (χ3n) is 5.00. The van der Waals surface area contributed by atoms with E-state index < -0.39 is 0 Å². The molecule has 2 atom stereocenters. The van der Waals surface area contributed by atoms with E-state index >= 15 is 0 Å². The first-order valence-electron chi connectivity index (χ1n) is 8.73. The molecule has 1 saturated carbocycles. The van der Waals surface area contributed by atoms with E-state index in [1.807, 2.05) is 37.3 Å². The highest BCUT2D eigenvalue weighted by molar-refractivity contribution is 5.90. The van der Waals surface area contributed by atoms with Gasteiger partial charge in [-0.1, -0.05) is 18.2 Å². The standard InChI is InChI=1S/C19H22N2O3/c1-12(17-11-14-5-2-3-7-16(14)24-17)20-18(22)15-6-4-10-21(15)19(23)13-8-9-13/h2-3,5,7,11-13,15H,4,6,8-10H2,1H3,(H,20,22)/t12-,15-/m0/s1. The van der Waals surface area contributed by atoms with E-state index in [4.69, 9.17) is 4.42 Å². The minimum absolute atomic E-state index is 0.0746. The van der Waals surface area contributed by atoms with Crippen LogP contribution in [0.25, 0.3) is 11.0 Å². The van der Waals surface area contributed by atoms with Crippen molar-refractivity contribution >= 4 is 22.8 Å². The van der Waals surface area contributed by atoms with Crippen molar-refractivity contribution in [3.8, 4) is 0 Å². The summed E-state index contributed by atoms with van der Waals surface area (Å²) in [6, 6.07) is 9.21. The average Bonchev–Trinajstić information content (AvgIpc) is 3.15. The fraction of sp³-hybridized carbons (Fsp3) is 0.474. The summed E-state index contributed by atoms with van der Waals surface area (Å²) in [4.78, 5) is 26.8. The average molecular weight is 326 g/mol. The van der Waals surface area contributed by atoms with Gasteiger partial charge in [0.05, 0.1) is 6.04 Å². The van der Waals surface area contributed by atoms with Crippen molar-refractivity contribution in [1.29, 1.82) is 0 Å². The van der Waals surface area contributed by atoms with E-state index in [0.717, 1.165) is 42.4 Å². The van der Waals surface area contributed by atoms with E-state index in [2.05, 4.69) is 5.32 Å². The number of hydrogen-bond acceptors (Lipinski definition) is 3. The van der Waals surface area contributed by atoms with Crippen molar-refractivity contribution in [1.82, 2.24) is 10.2 Å². The van der Waals surface area contributed by atoms with Crippen molar-refractivity contribution in [3.63, 3.8) is 0 Å². The molecule has 1 aliphatic heterocycles. The van der Waals surface area contributed by atoms with Crippen LogP contribution < -0.4 is 5.32 Å². The Bertz CT molecular complexity index is 745. The number of hydrogen-bond donors (Lipinski definition) is 1. The van der Waals surface area contributed by atoms with Crippen LogP contribution in [0, 0.1) is 5.92 Å². The van der Waals surface area contributed by atoms with Crippen molar-refractivity contribution in [2.45, 2.75) is 44.7 Å². The summed E-state index contributed by atoms with van der Waals surface area (Å²) < 4.78 is 5.82. The number of para-hydroxylation sites is 1. The third kappa shape index (κ3) is 2.79. The van der Waals surface area contributed by atoms with Crippen molar-refractivity contribution in [3.05, 3.63) is 36.1 Å². The number of nitrogens with zero attached hydrogens (tertiary/aromatic N) is 1. The number of nitrogens with one attached hydrogen (secondary N) is 1. The monoisotopic (exact) mass is 326 g/mol. The second-order valence-corrected chi connectivity index (χ2v) is 6.88. The largest absolute Gasteiger partial charge is 0.459 e. The zero-order chi connectivity index (χ0) is 16.7. The molecule has 0 radical (unpaired) electrons. The van der Waals surface area contributed by atoms with Crippen LogP contribution in [-0.4, -0.2) is 29.3 Å². The molecule has 0 spiro atoms. The molecule has 1 N–H and O–H groups in total. The SMILES string of the molecule is C[C@H](NC(=O)[C@@H]1CCCN1C(=O)C1CC1)c1cc2ccccc2o1. The first-order valence-corrected chi connectivity index (χ1v) is 8.73. The highest BCUT2D eigenvalue weighted by Gasteiger charge is 2.41. The Morgan fingerprint density at radius 1 is 1.25 bits per heavy atom. The highest BCUT2D eigenvalue weighted by atomic mass is 16.3. The molecule has 24 heavy (non-hydrogen) atoms. The maximum Gasteiger partial charge on any atom is 0.243 e. The van der Waals surface area contributed by atoms with Gasteiger partial charge < -0.3 is 14.6 Å². The predicted molar refractivity (Wildman–Crippen MR) is 90.2 cm³/mol. The number of furan rings is 1. The summed E-state index contributed by atoms with van der Waals surface area (Å²) in [6.07, 6.45) is 3.59. The van der Waals surface area contributed by atoms with Gasteiger partial charge in [-0.15, -0.1) is 0 Å². The maximum absolute atomic E-state index is 12.7. The first-order chi connectivity index (χ1) is 11.6. The summed E-state index contributed by atoms with van der Waals surface area (Å²) in [5, 5.41) is 4.04. The molecule has 2 aliphatic rings. The number of amides is 2. The molecular weight excluding hydrogens is 304 g/mol. The van der Waals surface area contributed by atoms with Gasteiger partial charge in [0.15, 0.2) is 0 Å². The van der Waals surface area contributed by atoms with Gasteiger partial charge in [0.2, 0.25) is 11.8 Å². The molecule has 4 rings (SSSR count). The smallest absolute Gasteiger partial charge is 0.243 e. The summed E-state index contributed by atoms with van der Waals surface area (Å²) in [7, 11) is 0. The number of carbonyl (C=O) groups is 2. The zero-order valence-electron chi connectivity index (χ0n) is 13.8. The Morgan fingerprint density at radius 3 is 2.79 bits per heavy atom. The molecule has 5 nitrogen and oxygen atoms in total. The molecule has 1 aromatic heterocycles. The number of benzene rings is 1. The lowest BCUT2D eigenvalue weighted by Crippen LogP contribution is -2.47. The van der Waals surface area contributed by atoms with Gasteiger partial charge in [0.25, 0.3) is 0 Å². The molecule has 126 valence electrons. The van der Waals surface area contributed by atoms with E-state index in [9.17, 15) is 9.59 Å². The Labute approximate surface area is 141 Å². The summed E-state index contributed by atoms with van der Waals surface area (Å²) in [6.45, 7) is 2.62. The molecule has 0 unspecified atom stereocenters. The molecule has 1 aliphatic carbocycles. The van der Waals surface area contributed by atoms with Crippen LogP contribution in [0.1, 0.15) is 44.4 Å². The second-order valence-electron chi connectivity index (χ2n) is 6.88. The quantitative estimate of drug-likeness (QED) is 0.939. The lowest BCUT2D eigenvalue weighted by atomic mass is 10.1. The highest BCUT2D eigenvalue weighted by Crippen LogP contribution is 2.34. The number of carbonyl (C=O) groups excluding carboxylic acids is 2. The Morgan fingerprint density at radius 2 is 2.04 bits per heavy atom. The van der Waals surface area contributed by atoms with Crippen LogP contribution in [0.4, 0.5) is 0 Å². The van der Waals surface area contributed by atoms with Gasteiger partial charge in [0, 0.05) is 17.8 Å². The molecule has 2 heterocycles. The third-order valence-corrected chi connectivity index (χ3v) is 5.00. The minimum Gasteiger partial charge on any atom is -0.459 e. The maximum atomic E-state index is 12.7. The van der Waals surface area contributed by atoms with E-state index in [-0.39, 0.29) is 29.8 Å². The minimum atomic E-state index is -0.329. The number of rotatable bonds is 4. The lowest BCUT2D eigenvalue weighted by Gasteiger charge is -2.25. The normalized spacial score (nSPS) is 21.9. The summed E-state index contributed by atoms with van der Waals surface area (Å²) >= 11 is 0. The fourth-order valence-electron chi connectivity index (χ4n) is 3.46. The van der Waals surface area contributed by atoms with E-state index in [1.165, 1.54) is 0 Å². The molecule has 2 fully saturated rings. The zero-order valence-corrected chi connectivity index (χ0v) is 13.8. The van der Waals surface area contributed by atoms with Crippen molar-refractivity contribution < 1.29 is 14.0 Å². The van der Waals surface area contributed by atoms with Crippen LogP contribution in [0.15, 0.2) is 34.7 Å². The van der Waals surface area contributed by atoms with E-state index in [1.54, 1.807) is 4.90 Å². The number of fused-ring (bicyclic) bond motifs is 1. The van der Waals surface area contributed by atoms with Gasteiger partial charge in [-0.25, -0.2) is 0 Å². The van der Waals surface area contributed by atoms with Gasteiger partial charge in [-0.05, 0) is 44.7 Å². The summed E-state index contributed by atoms with van der Waals surface area (Å²) in [5.74, 6) is 0.979. The molecule has 2 aromatic rings. The molecule has 5 heteroatoms. The van der Waals surface area contributed by atoms with E-state index in [0.29, 0.717) is 6.54 Å². The lowest BCUT2D eigenvalue weighted by molar-refractivity contribution is -0.139. The van der Waals surface area contributed by atoms with Crippen LogP contribution in [0.3, 0.4) is 0 Å². The second kappa shape index (κ2) is 5.96. The molecule has 1 saturated heterocycles. The first kappa shape index (κ1) is 15.2. The molecule has 2 amide bonds. The van der Waals surface area contributed by atoms with Crippen molar-refractivity contribution in [2.24, 2.45) is 5.92 Å². The van der Waals surface area contributed by atoms with Gasteiger partial charge >= 0.3 is 0 Å². The van der Waals surface area contributed by atoms with Crippen LogP contribution in [0.5, 0.6) is 0 Å². The molecule has 0 bridgehead atoms. The Hall–Kier alpha value is -2.30. The molecular formula is C19H22N2O3. The predicted octanol–water partition coefficient (Wildman–Crippen LogP) is 3.01. The summed E-state index contributed by atoms with van der Waals surface area (Å²) in [5.41, 5.74) is 0.819. The van der Waals surface area contributed by atoms with Crippen LogP contribution in [-0.2, 0) is 9.59 Å². The van der Waals surface area contributed by atoms with Gasteiger partial charge in [0.1, 0.15) is 17.4 Å². The fourth-order valence-corrected chi connectivity index (χ4v) is 3.46. The van der Waals surface area contributed by atoms with Gasteiger partial charge in [-0.2, -0.15) is 0 Å². The van der Waals surface area contributed by atoms with Gasteiger partial charge in [-0.3, -0.25) is 9.59 Å². The van der Waals surface area contributed by atoms with Crippen molar-refractivity contribution in [2.75, 3.05) is 6.54 Å². The Balaban J connectivity index is 1.45.